The van der Waals surface area contributed by atoms with E-state index in [-0.39, 0.29) is 30.5 Å². The fourth-order valence-corrected chi connectivity index (χ4v) is 4.25. The van der Waals surface area contributed by atoms with Gasteiger partial charge >= 0.3 is 0 Å². The lowest BCUT2D eigenvalue weighted by molar-refractivity contribution is -0.326. The third kappa shape index (κ3) is 5.90. The molecule has 0 radical (unpaired) electrons. The van der Waals surface area contributed by atoms with E-state index >= 15 is 0 Å². The zero-order chi connectivity index (χ0) is 18.1. The second-order valence-electron chi connectivity index (χ2n) is 8.75. The van der Waals surface area contributed by atoms with Crippen LogP contribution in [-0.4, -0.2) is 48.7 Å². The van der Waals surface area contributed by atoms with Gasteiger partial charge in [-0.25, -0.2) is 0 Å². The van der Waals surface area contributed by atoms with E-state index in [1.54, 1.807) is 0 Å². The summed E-state index contributed by atoms with van der Waals surface area (Å²) in [7, 11) is 0. The Bertz CT molecular complexity index is 432. The van der Waals surface area contributed by atoms with Crippen LogP contribution in [0.5, 0.6) is 0 Å². The zero-order valence-electron chi connectivity index (χ0n) is 16.6. The SMILES string of the molecule is CCCCC[C@@H]1C[C@H](C[C@@H]2C[C@H]([C@@H]3CO3)OC(C)(C)O2)OC(C)(C)O1. The summed E-state index contributed by atoms with van der Waals surface area (Å²) in [6.45, 7) is 11.1. The average Bonchev–Trinajstić information content (AvgIpc) is 3.28. The third-order valence-electron chi connectivity index (χ3n) is 5.24. The molecule has 0 bridgehead atoms. The lowest BCUT2D eigenvalue weighted by Gasteiger charge is -2.45. The van der Waals surface area contributed by atoms with Crippen LogP contribution in [0.3, 0.4) is 0 Å². The maximum absolute atomic E-state index is 6.22. The van der Waals surface area contributed by atoms with Crippen molar-refractivity contribution in [3.05, 3.63) is 0 Å². The molecule has 3 saturated heterocycles. The van der Waals surface area contributed by atoms with Gasteiger partial charge in [0.1, 0.15) is 6.10 Å². The Morgan fingerprint density at radius 2 is 1.36 bits per heavy atom. The van der Waals surface area contributed by atoms with Gasteiger partial charge in [-0.3, -0.25) is 0 Å². The highest BCUT2D eigenvalue weighted by Crippen LogP contribution is 2.37. The number of unbranched alkanes of at least 4 members (excludes halogenated alkanes) is 2. The van der Waals surface area contributed by atoms with Crippen molar-refractivity contribution in [2.45, 2.75) is 122 Å². The van der Waals surface area contributed by atoms with Crippen molar-refractivity contribution in [2.75, 3.05) is 6.61 Å². The van der Waals surface area contributed by atoms with Crippen molar-refractivity contribution in [1.82, 2.24) is 0 Å². The number of hydrogen-bond donors (Lipinski definition) is 0. The van der Waals surface area contributed by atoms with Gasteiger partial charge < -0.3 is 23.7 Å². The van der Waals surface area contributed by atoms with Gasteiger partial charge in [0.2, 0.25) is 0 Å². The molecule has 3 rings (SSSR count). The molecule has 3 aliphatic rings. The maximum atomic E-state index is 6.22. The molecule has 0 aromatic heterocycles. The summed E-state index contributed by atoms with van der Waals surface area (Å²) < 4.78 is 30.0. The standard InChI is InChI=1S/C20H36O5/c1-6-7-8-9-14-10-15(23-19(2,3)22-14)11-16-12-17(18-13-21-18)25-20(4,5)24-16/h14-18H,6-13H2,1-5H3/t14-,15-,16-,17-,18+/m1/s1. The van der Waals surface area contributed by atoms with Gasteiger partial charge in [-0.15, -0.1) is 0 Å². The van der Waals surface area contributed by atoms with Crippen molar-refractivity contribution < 1.29 is 23.7 Å². The summed E-state index contributed by atoms with van der Waals surface area (Å²) in [4.78, 5) is 0. The summed E-state index contributed by atoms with van der Waals surface area (Å²) >= 11 is 0. The van der Waals surface area contributed by atoms with Crippen molar-refractivity contribution in [1.29, 1.82) is 0 Å². The van der Waals surface area contributed by atoms with Crippen LogP contribution in [0.15, 0.2) is 0 Å². The zero-order valence-corrected chi connectivity index (χ0v) is 16.6. The summed E-state index contributed by atoms with van der Waals surface area (Å²) in [6, 6.07) is 0. The predicted molar refractivity (Wildman–Crippen MR) is 95.4 cm³/mol. The summed E-state index contributed by atoms with van der Waals surface area (Å²) in [5, 5.41) is 0. The van der Waals surface area contributed by atoms with Crippen LogP contribution >= 0.6 is 0 Å². The molecule has 146 valence electrons. The Hall–Kier alpha value is -0.200. The van der Waals surface area contributed by atoms with E-state index in [2.05, 4.69) is 6.92 Å². The number of rotatable bonds is 7. The molecule has 0 aromatic carbocycles. The summed E-state index contributed by atoms with van der Waals surface area (Å²) in [6.07, 6.45) is 8.60. The van der Waals surface area contributed by atoms with Gasteiger partial charge in [0.25, 0.3) is 0 Å². The van der Waals surface area contributed by atoms with E-state index in [1.165, 1.54) is 19.3 Å². The van der Waals surface area contributed by atoms with Gasteiger partial charge in [0, 0.05) is 19.3 Å². The number of epoxide rings is 1. The molecule has 5 nitrogen and oxygen atoms in total. The molecule has 0 aliphatic carbocycles. The van der Waals surface area contributed by atoms with E-state index < -0.39 is 11.6 Å². The first-order valence-corrected chi connectivity index (χ1v) is 10.1. The van der Waals surface area contributed by atoms with Crippen molar-refractivity contribution in [2.24, 2.45) is 0 Å². The number of hydrogen-bond acceptors (Lipinski definition) is 5. The smallest absolute Gasteiger partial charge is 0.163 e. The molecule has 25 heavy (non-hydrogen) atoms. The minimum absolute atomic E-state index is 0.141. The van der Waals surface area contributed by atoms with E-state index in [1.807, 2.05) is 27.7 Å². The lowest BCUT2D eigenvalue weighted by Crippen LogP contribution is -2.50. The van der Waals surface area contributed by atoms with Gasteiger partial charge in [0.05, 0.1) is 31.0 Å². The molecular formula is C20H36O5. The van der Waals surface area contributed by atoms with Crippen LogP contribution in [-0.2, 0) is 23.7 Å². The van der Waals surface area contributed by atoms with Crippen LogP contribution < -0.4 is 0 Å². The first kappa shape index (κ1) is 19.6. The molecular weight excluding hydrogens is 320 g/mol. The van der Waals surface area contributed by atoms with E-state index in [0.717, 1.165) is 32.3 Å². The summed E-state index contributed by atoms with van der Waals surface area (Å²) in [5.74, 6) is -1.07. The average molecular weight is 357 g/mol. The number of ether oxygens (including phenoxy) is 5. The van der Waals surface area contributed by atoms with Crippen LogP contribution in [0.2, 0.25) is 0 Å². The fourth-order valence-electron chi connectivity index (χ4n) is 4.25. The Kier molecular flexibility index (Phi) is 6.11. The normalized spacial score (nSPS) is 40.0. The highest BCUT2D eigenvalue weighted by molar-refractivity contribution is 4.89. The lowest BCUT2D eigenvalue weighted by atomic mass is 9.95. The second-order valence-corrected chi connectivity index (χ2v) is 8.75. The first-order chi connectivity index (χ1) is 11.8. The second kappa shape index (κ2) is 7.81. The first-order valence-electron chi connectivity index (χ1n) is 10.1. The Labute approximate surface area is 152 Å². The molecule has 5 heteroatoms. The molecule has 0 N–H and O–H groups in total. The molecule has 0 saturated carbocycles. The van der Waals surface area contributed by atoms with E-state index in [9.17, 15) is 0 Å². The van der Waals surface area contributed by atoms with Gasteiger partial charge in [-0.05, 0) is 34.1 Å². The van der Waals surface area contributed by atoms with Crippen molar-refractivity contribution in [3.63, 3.8) is 0 Å². The third-order valence-corrected chi connectivity index (χ3v) is 5.24. The molecule has 0 aromatic rings. The molecule has 0 unspecified atom stereocenters. The quantitative estimate of drug-likeness (QED) is 0.506. The van der Waals surface area contributed by atoms with E-state index in [4.69, 9.17) is 23.7 Å². The largest absolute Gasteiger partial charge is 0.370 e. The van der Waals surface area contributed by atoms with Gasteiger partial charge in [-0.2, -0.15) is 0 Å². The van der Waals surface area contributed by atoms with Crippen LogP contribution in [0, 0.1) is 0 Å². The summed E-state index contributed by atoms with van der Waals surface area (Å²) in [5.41, 5.74) is 0. The van der Waals surface area contributed by atoms with Crippen LogP contribution in [0.25, 0.3) is 0 Å². The molecule has 3 fully saturated rings. The fraction of sp³-hybridized carbons (Fsp3) is 1.00. The van der Waals surface area contributed by atoms with Crippen LogP contribution in [0.1, 0.15) is 79.6 Å². The molecule has 0 amide bonds. The Morgan fingerprint density at radius 1 is 0.760 bits per heavy atom. The monoisotopic (exact) mass is 356 g/mol. The Morgan fingerprint density at radius 3 is 2.00 bits per heavy atom. The predicted octanol–water partition coefficient (Wildman–Crippen LogP) is 4.18. The molecule has 0 spiro atoms. The maximum Gasteiger partial charge on any atom is 0.163 e. The Balaban J connectivity index is 1.56. The van der Waals surface area contributed by atoms with Crippen molar-refractivity contribution in [3.8, 4) is 0 Å². The van der Waals surface area contributed by atoms with E-state index in [0.29, 0.717) is 0 Å². The molecule has 3 heterocycles. The van der Waals surface area contributed by atoms with Crippen molar-refractivity contribution >= 4 is 0 Å². The van der Waals surface area contributed by atoms with Gasteiger partial charge in [-0.1, -0.05) is 26.2 Å². The minimum Gasteiger partial charge on any atom is -0.370 e. The highest BCUT2D eigenvalue weighted by atomic mass is 16.7. The van der Waals surface area contributed by atoms with Gasteiger partial charge in [0.15, 0.2) is 11.6 Å². The topological polar surface area (TPSA) is 49.5 Å². The minimum atomic E-state index is -0.555. The molecule has 5 atom stereocenters. The molecule has 3 aliphatic heterocycles. The van der Waals surface area contributed by atoms with Crippen LogP contribution in [0.4, 0.5) is 0 Å². The highest BCUT2D eigenvalue weighted by Gasteiger charge is 2.45.